The van der Waals surface area contributed by atoms with Gasteiger partial charge in [0.15, 0.2) is 0 Å². The highest BCUT2D eigenvalue weighted by Gasteiger charge is 2.33. The Hall–Kier alpha value is -0.780. The van der Waals surface area contributed by atoms with Crippen LogP contribution in [0.5, 0.6) is 5.75 Å². The molecule has 1 saturated carbocycles. The van der Waals surface area contributed by atoms with Crippen molar-refractivity contribution in [1.82, 2.24) is 5.32 Å². The minimum absolute atomic E-state index is 0. The third kappa shape index (κ3) is 4.86. The van der Waals surface area contributed by atoms with Gasteiger partial charge in [0, 0.05) is 13.0 Å². The summed E-state index contributed by atoms with van der Waals surface area (Å²) in [4.78, 5) is 12.1. The predicted octanol–water partition coefficient (Wildman–Crippen LogP) is 3.20. The van der Waals surface area contributed by atoms with Crippen molar-refractivity contribution in [2.45, 2.75) is 44.1 Å². The fourth-order valence-electron chi connectivity index (χ4n) is 2.91. The van der Waals surface area contributed by atoms with Crippen molar-refractivity contribution in [2.24, 2.45) is 5.73 Å². The van der Waals surface area contributed by atoms with Gasteiger partial charge in [0.2, 0.25) is 5.91 Å². The van der Waals surface area contributed by atoms with E-state index in [0.717, 1.165) is 47.9 Å². The highest BCUT2D eigenvalue weighted by atomic mass is 79.9. The molecule has 0 aromatic heterocycles. The number of aryl methyl sites for hydroxylation is 1. The quantitative estimate of drug-likeness (QED) is 0.782. The largest absolute Gasteiger partial charge is 0.496 e. The van der Waals surface area contributed by atoms with E-state index in [1.807, 2.05) is 18.2 Å². The molecule has 0 spiro atoms. The number of ether oxygens (including phenoxy) is 1. The summed E-state index contributed by atoms with van der Waals surface area (Å²) < 4.78 is 6.12. The van der Waals surface area contributed by atoms with Gasteiger partial charge in [-0.1, -0.05) is 18.9 Å². The van der Waals surface area contributed by atoms with Crippen LogP contribution >= 0.6 is 28.3 Å². The molecule has 0 unspecified atom stereocenters. The Morgan fingerprint density at radius 1 is 1.41 bits per heavy atom. The monoisotopic (exact) mass is 390 g/mol. The Labute approximate surface area is 146 Å². The third-order valence-corrected chi connectivity index (χ3v) is 4.83. The number of benzene rings is 1. The first-order valence-electron chi connectivity index (χ1n) is 7.42. The minimum atomic E-state index is -0.155. The van der Waals surface area contributed by atoms with Crippen molar-refractivity contribution in [3.05, 3.63) is 28.2 Å². The first-order valence-corrected chi connectivity index (χ1v) is 8.21. The van der Waals surface area contributed by atoms with Crippen molar-refractivity contribution in [2.75, 3.05) is 13.7 Å². The number of nitrogens with two attached hydrogens (primary N) is 1. The van der Waals surface area contributed by atoms with Crippen LogP contribution in [0.25, 0.3) is 0 Å². The fourth-order valence-corrected chi connectivity index (χ4v) is 3.50. The Morgan fingerprint density at radius 2 is 2.09 bits per heavy atom. The molecule has 0 heterocycles. The van der Waals surface area contributed by atoms with Gasteiger partial charge in [0.05, 0.1) is 17.1 Å². The first kappa shape index (κ1) is 19.3. The molecule has 1 aromatic carbocycles. The van der Waals surface area contributed by atoms with Gasteiger partial charge in [-0.25, -0.2) is 0 Å². The summed E-state index contributed by atoms with van der Waals surface area (Å²) in [5.74, 6) is 0.894. The molecule has 4 nitrogen and oxygen atoms in total. The van der Waals surface area contributed by atoms with Crippen LogP contribution in [0.15, 0.2) is 22.7 Å². The number of amides is 1. The molecule has 1 aromatic rings. The molecule has 0 bridgehead atoms. The van der Waals surface area contributed by atoms with Crippen molar-refractivity contribution in [3.63, 3.8) is 0 Å². The van der Waals surface area contributed by atoms with Gasteiger partial charge in [-0.05, 0) is 52.9 Å². The van der Waals surface area contributed by atoms with E-state index in [1.165, 1.54) is 0 Å². The molecular formula is C16H24BrClN2O2. The third-order valence-electron chi connectivity index (χ3n) is 4.21. The topological polar surface area (TPSA) is 64.3 Å². The van der Waals surface area contributed by atoms with Crippen LogP contribution in [0.1, 0.15) is 37.7 Å². The van der Waals surface area contributed by atoms with E-state index in [9.17, 15) is 4.79 Å². The molecular weight excluding hydrogens is 368 g/mol. The fraction of sp³-hybridized carbons (Fsp3) is 0.562. The highest BCUT2D eigenvalue weighted by Crippen LogP contribution is 2.29. The number of carbonyl (C=O) groups is 1. The summed E-state index contributed by atoms with van der Waals surface area (Å²) in [5.41, 5.74) is 6.80. The average molecular weight is 392 g/mol. The van der Waals surface area contributed by atoms with E-state index in [-0.39, 0.29) is 23.9 Å². The second-order valence-corrected chi connectivity index (χ2v) is 6.56. The summed E-state index contributed by atoms with van der Waals surface area (Å²) in [6.07, 6.45) is 5.52. The van der Waals surface area contributed by atoms with E-state index in [1.54, 1.807) is 7.11 Å². The number of rotatable bonds is 6. The predicted molar refractivity (Wildman–Crippen MR) is 94.7 cm³/mol. The number of methoxy groups -OCH3 is 1. The summed E-state index contributed by atoms with van der Waals surface area (Å²) in [6.45, 7) is 0.535. The van der Waals surface area contributed by atoms with Gasteiger partial charge in [-0.15, -0.1) is 12.4 Å². The molecule has 22 heavy (non-hydrogen) atoms. The van der Waals surface area contributed by atoms with E-state index in [4.69, 9.17) is 10.5 Å². The Morgan fingerprint density at radius 3 is 2.64 bits per heavy atom. The van der Waals surface area contributed by atoms with Gasteiger partial charge in [-0.3, -0.25) is 4.79 Å². The van der Waals surface area contributed by atoms with Crippen LogP contribution in [-0.2, 0) is 11.2 Å². The number of nitrogens with one attached hydrogen (secondary N) is 1. The maximum absolute atomic E-state index is 12.1. The van der Waals surface area contributed by atoms with Crippen LogP contribution in [0, 0.1) is 0 Å². The lowest BCUT2D eigenvalue weighted by Gasteiger charge is -2.28. The molecule has 124 valence electrons. The van der Waals surface area contributed by atoms with Gasteiger partial charge in [0.25, 0.3) is 0 Å². The lowest BCUT2D eigenvalue weighted by Crippen LogP contribution is -2.51. The first-order chi connectivity index (χ1) is 10.1. The van der Waals surface area contributed by atoms with E-state index < -0.39 is 0 Å². The lowest BCUT2D eigenvalue weighted by molar-refractivity contribution is -0.122. The minimum Gasteiger partial charge on any atom is -0.496 e. The molecule has 6 heteroatoms. The molecule has 0 saturated heterocycles. The van der Waals surface area contributed by atoms with E-state index in [0.29, 0.717) is 13.0 Å². The Kier molecular flexibility index (Phi) is 7.66. The molecule has 1 fully saturated rings. The molecule has 1 aliphatic carbocycles. The van der Waals surface area contributed by atoms with Gasteiger partial charge in [-0.2, -0.15) is 0 Å². The maximum atomic E-state index is 12.1. The highest BCUT2D eigenvalue weighted by molar-refractivity contribution is 9.10. The van der Waals surface area contributed by atoms with Gasteiger partial charge >= 0.3 is 0 Å². The van der Waals surface area contributed by atoms with Crippen LogP contribution in [0.2, 0.25) is 0 Å². The van der Waals surface area contributed by atoms with Crippen LogP contribution in [0.4, 0.5) is 0 Å². The standard InChI is InChI=1S/C16H23BrN2O2.ClH/c1-21-14-6-4-12(10-13(14)17)5-7-15(20)19-16(11-18)8-2-3-9-16;/h4,6,10H,2-3,5,7-9,11,18H2,1H3,(H,19,20);1H. The van der Waals surface area contributed by atoms with Crippen LogP contribution < -0.4 is 15.8 Å². The Balaban J connectivity index is 0.00000242. The molecule has 3 N–H and O–H groups in total. The Bertz CT molecular complexity index is 505. The summed E-state index contributed by atoms with van der Waals surface area (Å²) in [6, 6.07) is 5.90. The molecule has 1 amide bonds. The lowest BCUT2D eigenvalue weighted by atomic mass is 9.97. The molecule has 0 atom stereocenters. The second-order valence-electron chi connectivity index (χ2n) is 5.71. The molecule has 2 rings (SSSR count). The van der Waals surface area contributed by atoms with Crippen molar-refractivity contribution >= 4 is 34.2 Å². The zero-order valence-electron chi connectivity index (χ0n) is 12.9. The molecule has 0 radical (unpaired) electrons. The van der Waals surface area contributed by atoms with Crippen molar-refractivity contribution in [3.8, 4) is 5.75 Å². The zero-order chi connectivity index (χ0) is 15.3. The van der Waals surface area contributed by atoms with Gasteiger partial charge in [0.1, 0.15) is 5.75 Å². The van der Waals surface area contributed by atoms with Crippen molar-refractivity contribution in [1.29, 1.82) is 0 Å². The smallest absolute Gasteiger partial charge is 0.220 e. The number of hydrogen-bond acceptors (Lipinski definition) is 3. The van der Waals surface area contributed by atoms with E-state index >= 15 is 0 Å². The maximum Gasteiger partial charge on any atom is 0.220 e. The van der Waals surface area contributed by atoms with Gasteiger partial charge < -0.3 is 15.8 Å². The summed E-state index contributed by atoms with van der Waals surface area (Å²) >= 11 is 3.46. The summed E-state index contributed by atoms with van der Waals surface area (Å²) in [5, 5.41) is 3.15. The SMILES string of the molecule is COc1ccc(CCC(=O)NC2(CN)CCCC2)cc1Br.Cl. The normalized spacial score (nSPS) is 16.0. The summed E-state index contributed by atoms with van der Waals surface area (Å²) in [7, 11) is 1.64. The van der Waals surface area contributed by atoms with Crippen molar-refractivity contribution < 1.29 is 9.53 Å². The zero-order valence-corrected chi connectivity index (χ0v) is 15.3. The van der Waals surface area contributed by atoms with E-state index in [2.05, 4.69) is 21.2 Å². The van der Waals surface area contributed by atoms with Crippen LogP contribution in [-0.4, -0.2) is 25.1 Å². The number of hydrogen-bond donors (Lipinski definition) is 2. The number of carbonyl (C=O) groups excluding carboxylic acids is 1. The van der Waals surface area contributed by atoms with Crippen LogP contribution in [0.3, 0.4) is 0 Å². The average Bonchev–Trinajstić information content (AvgIpc) is 2.94. The molecule has 1 aliphatic rings. The second kappa shape index (κ2) is 8.75. The molecule has 0 aliphatic heterocycles. The number of halogens is 2.